The van der Waals surface area contributed by atoms with Crippen molar-refractivity contribution in [1.29, 1.82) is 0 Å². The molecule has 0 radical (unpaired) electrons. The molecule has 0 heterocycles. The number of alkyl carbamates (subject to hydrolysis) is 1. The summed E-state index contributed by atoms with van der Waals surface area (Å²) in [7, 11) is 0. The zero-order valence-corrected chi connectivity index (χ0v) is 12.5. The third-order valence-corrected chi connectivity index (χ3v) is 3.12. The van der Waals surface area contributed by atoms with Crippen LogP contribution < -0.4 is 5.32 Å². The van der Waals surface area contributed by atoms with E-state index in [1.807, 2.05) is 0 Å². The van der Waals surface area contributed by atoms with E-state index < -0.39 is 43.0 Å². The predicted molar refractivity (Wildman–Crippen MR) is 75.7 cm³/mol. The molecule has 2 N–H and O–H groups in total. The molecule has 0 aliphatic rings. The molecule has 1 rings (SSSR count). The van der Waals surface area contributed by atoms with E-state index in [4.69, 9.17) is 9.84 Å². The van der Waals surface area contributed by atoms with Crippen molar-refractivity contribution >= 4 is 12.1 Å². The highest BCUT2D eigenvalue weighted by Crippen LogP contribution is 2.27. The van der Waals surface area contributed by atoms with E-state index in [0.29, 0.717) is 5.56 Å². The van der Waals surface area contributed by atoms with Crippen LogP contribution in [0.2, 0.25) is 0 Å². The maximum Gasteiger partial charge on any atom is 0.407 e. The zero-order chi connectivity index (χ0) is 17.5. The van der Waals surface area contributed by atoms with Crippen molar-refractivity contribution < 1.29 is 32.6 Å². The highest BCUT2D eigenvalue weighted by atomic mass is 19.4. The summed E-state index contributed by atoms with van der Waals surface area (Å²) in [6.45, 7) is 1.19. The average molecular weight is 333 g/mol. The highest BCUT2D eigenvalue weighted by Gasteiger charge is 2.36. The minimum atomic E-state index is -4.44. The third kappa shape index (κ3) is 8.08. The van der Waals surface area contributed by atoms with Gasteiger partial charge in [-0.2, -0.15) is 13.2 Å². The number of aliphatic carboxylic acids is 1. The molecule has 0 aliphatic heterocycles. The summed E-state index contributed by atoms with van der Waals surface area (Å²) in [6.07, 6.45) is -7.78. The number of carboxylic acids is 1. The molecule has 1 amide bonds. The summed E-state index contributed by atoms with van der Waals surface area (Å²) < 4.78 is 41.9. The van der Waals surface area contributed by atoms with Gasteiger partial charge in [-0.1, -0.05) is 30.3 Å². The second-order valence-electron chi connectivity index (χ2n) is 5.43. The van der Waals surface area contributed by atoms with Crippen molar-refractivity contribution in [1.82, 2.24) is 5.32 Å². The van der Waals surface area contributed by atoms with Gasteiger partial charge in [-0.3, -0.25) is 4.79 Å². The summed E-state index contributed by atoms with van der Waals surface area (Å²) in [4.78, 5) is 22.6. The molecule has 0 saturated heterocycles. The first-order valence-corrected chi connectivity index (χ1v) is 6.87. The van der Waals surface area contributed by atoms with Crippen LogP contribution in [-0.4, -0.2) is 28.9 Å². The molecule has 5 nitrogen and oxygen atoms in total. The number of hydrogen-bond donors (Lipinski definition) is 2. The van der Waals surface area contributed by atoms with Crippen LogP contribution >= 0.6 is 0 Å². The number of benzene rings is 1. The Balaban J connectivity index is 2.60. The molecule has 128 valence electrons. The maximum absolute atomic E-state index is 12.3. The van der Waals surface area contributed by atoms with Gasteiger partial charge in [-0.15, -0.1) is 0 Å². The van der Waals surface area contributed by atoms with Gasteiger partial charge in [0, 0.05) is 6.42 Å². The average Bonchev–Trinajstić information content (AvgIpc) is 2.43. The Morgan fingerprint density at radius 3 is 2.30 bits per heavy atom. The van der Waals surface area contributed by atoms with Crippen molar-refractivity contribution in [3.8, 4) is 0 Å². The molecule has 1 unspecified atom stereocenters. The largest absolute Gasteiger partial charge is 0.481 e. The fourth-order valence-corrected chi connectivity index (χ4v) is 1.95. The van der Waals surface area contributed by atoms with Crippen LogP contribution in [0.4, 0.5) is 18.0 Å². The summed E-state index contributed by atoms with van der Waals surface area (Å²) in [5, 5.41) is 11.1. The Hall–Kier alpha value is -2.25. The van der Waals surface area contributed by atoms with Crippen LogP contribution in [0.25, 0.3) is 0 Å². The van der Waals surface area contributed by atoms with Gasteiger partial charge in [0.15, 0.2) is 0 Å². The Morgan fingerprint density at radius 2 is 1.78 bits per heavy atom. The van der Waals surface area contributed by atoms with E-state index in [1.165, 1.54) is 6.92 Å². The fraction of sp³-hybridized carbons (Fsp3) is 0.467. The number of nitrogens with one attached hydrogen (secondary N) is 1. The van der Waals surface area contributed by atoms with Crippen molar-refractivity contribution in [3.63, 3.8) is 0 Å². The molecule has 0 spiro atoms. The molecule has 1 aromatic carbocycles. The van der Waals surface area contributed by atoms with E-state index in [2.05, 4.69) is 5.32 Å². The smallest absolute Gasteiger partial charge is 0.407 e. The summed E-state index contributed by atoms with van der Waals surface area (Å²) in [5.74, 6) is -1.31. The molecule has 1 aromatic rings. The van der Waals surface area contributed by atoms with Crippen LogP contribution in [-0.2, 0) is 16.1 Å². The first kappa shape index (κ1) is 18.8. The zero-order valence-electron chi connectivity index (χ0n) is 12.5. The van der Waals surface area contributed by atoms with Crippen LogP contribution in [0, 0.1) is 0 Å². The van der Waals surface area contributed by atoms with Crippen LogP contribution in [0.3, 0.4) is 0 Å². The normalized spacial score (nSPS) is 13.9. The molecular formula is C15H18F3NO4. The van der Waals surface area contributed by atoms with E-state index in [9.17, 15) is 22.8 Å². The number of hydrogen-bond acceptors (Lipinski definition) is 3. The lowest BCUT2D eigenvalue weighted by Gasteiger charge is -2.29. The predicted octanol–water partition coefficient (Wildman–Crippen LogP) is 3.49. The number of rotatable bonds is 7. The van der Waals surface area contributed by atoms with Gasteiger partial charge in [-0.25, -0.2) is 4.79 Å². The number of halogens is 3. The van der Waals surface area contributed by atoms with Gasteiger partial charge in [0.2, 0.25) is 0 Å². The van der Waals surface area contributed by atoms with Crippen molar-refractivity contribution in [3.05, 3.63) is 35.9 Å². The monoisotopic (exact) mass is 333 g/mol. The molecule has 0 aliphatic carbocycles. The van der Waals surface area contributed by atoms with Gasteiger partial charge in [0.1, 0.15) is 6.61 Å². The quantitative estimate of drug-likeness (QED) is 0.801. The Labute approximate surface area is 131 Å². The number of ether oxygens (including phenoxy) is 1. The number of carbonyl (C=O) groups excluding carboxylic acids is 1. The van der Waals surface area contributed by atoms with Crippen molar-refractivity contribution in [2.45, 2.75) is 44.5 Å². The van der Waals surface area contributed by atoms with Crippen molar-refractivity contribution in [2.75, 3.05) is 0 Å². The SMILES string of the molecule is CC(CCC(F)(F)F)(CC(=O)O)NC(=O)OCc1ccccc1. The topological polar surface area (TPSA) is 75.6 Å². The molecular weight excluding hydrogens is 315 g/mol. The standard InChI is InChI=1S/C15H18F3NO4/c1-14(9-12(20)21,7-8-15(16,17)18)19-13(22)23-10-11-5-3-2-4-6-11/h2-6H,7-10H2,1H3,(H,19,22)(H,20,21). The first-order chi connectivity index (χ1) is 10.6. The molecule has 1 atom stereocenters. The molecule has 8 heteroatoms. The summed E-state index contributed by atoms with van der Waals surface area (Å²) in [5.41, 5.74) is -0.840. The second kappa shape index (κ2) is 7.85. The van der Waals surface area contributed by atoms with Crippen molar-refractivity contribution in [2.24, 2.45) is 0 Å². The molecule has 0 saturated carbocycles. The second-order valence-corrected chi connectivity index (χ2v) is 5.43. The number of carbonyl (C=O) groups is 2. The molecule has 0 fully saturated rings. The molecule has 0 bridgehead atoms. The number of alkyl halides is 3. The van der Waals surface area contributed by atoms with Gasteiger partial charge in [-0.05, 0) is 18.9 Å². The van der Waals surface area contributed by atoms with E-state index in [1.54, 1.807) is 30.3 Å². The van der Waals surface area contributed by atoms with Gasteiger partial charge in [0.05, 0.1) is 12.0 Å². The number of amides is 1. The minimum absolute atomic E-state index is 0.0604. The van der Waals surface area contributed by atoms with Gasteiger partial charge >= 0.3 is 18.2 Å². The highest BCUT2D eigenvalue weighted by molar-refractivity contribution is 5.72. The number of carboxylic acid groups (broad SMARTS) is 1. The van der Waals surface area contributed by atoms with Gasteiger partial charge < -0.3 is 15.2 Å². The fourth-order valence-electron chi connectivity index (χ4n) is 1.95. The Morgan fingerprint density at radius 1 is 1.17 bits per heavy atom. The van der Waals surface area contributed by atoms with Crippen LogP contribution in [0.15, 0.2) is 30.3 Å². The van der Waals surface area contributed by atoms with E-state index in [0.717, 1.165) is 0 Å². The lowest BCUT2D eigenvalue weighted by atomic mass is 9.92. The maximum atomic E-state index is 12.3. The summed E-state index contributed by atoms with van der Waals surface area (Å²) >= 11 is 0. The molecule has 23 heavy (non-hydrogen) atoms. The molecule has 0 aromatic heterocycles. The third-order valence-electron chi connectivity index (χ3n) is 3.12. The minimum Gasteiger partial charge on any atom is -0.481 e. The Kier molecular flexibility index (Phi) is 6.41. The van der Waals surface area contributed by atoms with Gasteiger partial charge in [0.25, 0.3) is 0 Å². The lowest BCUT2D eigenvalue weighted by molar-refractivity contribution is -0.145. The van der Waals surface area contributed by atoms with Crippen LogP contribution in [0.5, 0.6) is 0 Å². The lowest BCUT2D eigenvalue weighted by Crippen LogP contribution is -2.48. The summed E-state index contributed by atoms with van der Waals surface area (Å²) in [6, 6.07) is 8.70. The Bertz CT molecular complexity index is 533. The van der Waals surface area contributed by atoms with Crippen LogP contribution in [0.1, 0.15) is 31.7 Å². The van der Waals surface area contributed by atoms with E-state index in [-0.39, 0.29) is 6.61 Å². The first-order valence-electron chi connectivity index (χ1n) is 6.87. The van der Waals surface area contributed by atoms with E-state index >= 15 is 0 Å².